The highest BCUT2D eigenvalue weighted by Crippen LogP contribution is 2.37. The molecule has 0 bridgehead atoms. The molecular weight excluding hydrogens is 302 g/mol. The van der Waals surface area contributed by atoms with Crippen molar-refractivity contribution >= 4 is 30.0 Å². The van der Waals surface area contributed by atoms with Crippen molar-refractivity contribution in [3.05, 3.63) is 11.5 Å². The molecule has 1 N–H and O–H groups in total. The van der Waals surface area contributed by atoms with E-state index in [2.05, 4.69) is 20.2 Å². The molecule has 0 aromatic carbocycles. The lowest BCUT2D eigenvalue weighted by atomic mass is 9.80. The first-order chi connectivity index (χ1) is 10.1. The summed E-state index contributed by atoms with van der Waals surface area (Å²) in [6, 6.07) is 0. The number of hydrogen-bond donors (Lipinski definition) is 1. The molecule has 1 aromatic rings. The zero-order valence-electron chi connectivity index (χ0n) is 14.1. The topological polar surface area (TPSA) is 59.5 Å². The largest absolute Gasteiger partial charge is 0.501 e. The van der Waals surface area contributed by atoms with Crippen LogP contribution in [-0.4, -0.2) is 60.4 Å². The number of hydrogen-bond acceptors (Lipinski definition) is 6. The molecule has 122 valence electrons. The van der Waals surface area contributed by atoms with Crippen molar-refractivity contribution in [3.8, 4) is 0 Å². The van der Waals surface area contributed by atoms with Gasteiger partial charge in [-0.15, -0.1) is 0 Å². The Hall–Kier alpha value is -0.885. The van der Waals surface area contributed by atoms with E-state index < -0.39 is 18.3 Å². The van der Waals surface area contributed by atoms with Crippen molar-refractivity contribution in [2.24, 2.45) is 0 Å². The van der Waals surface area contributed by atoms with Gasteiger partial charge in [0, 0.05) is 13.1 Å². The third kappa shape index (κ3) is 3.54. The van der Waals surface area contributed by atoms with E-state index in [9.17, 15) is 0 Å². The van der Waals surface area contributed by atoms with Gasteiger partial charge in [0.05, 0.1) is 16.7 Å². The Morgan fingerprint density at radius 1 is 1.18 bits per heavy atom. The minimum absolute atomic E-state index is 0.348. The molecule has 1 saturated heterocycles. The molecule has 0 atom stereocenters. The SMILES string of the molecule is CN(C)CCNc1ncnc(Cl)c1B1OC(C)(C)C(C)(C)O1. The van der Waals surface area contributed by atoms with Crippen LogP contribution in [0.1, 0.15) is 27.7 Å². The summed E-state index contributed by atoms with van der Waals surface area (Å²) in [6.07, 6.45) is 1.44. The quantitative estimate of drug-likeness (QED) is 0.652. The normalized spacial score (nSPS) is 19.7. The molecule has 0 unspecified atom stereocenters. The molecular formula is C14H24BClN4O2. The molecule has 2 rings (SSSR count). The second-order valence-electron chi connectivity index (χ2n) is 6.75. The number of aromatic nitrogens is 2. The van der Waals surface area contributed by atoms with Gasteiger partial charge < -0.3 is 19.5 Å². The first-order valence-corrected chi connectivity index (χ1v) is 7.76. The van der Waals surface area contributed by atoms with Crippen LogP contribution in [0.3, 0.4) is 0 Å². The average molecular weight is 327 g/mol. The number of nitrogens with zero attached hydrogens (tertiary/aromatic N) is 3. The van der Waals surface area contributed by atoms with Gasteiger partial charge in [0.15, 0.2) is 0 Å². The average Bonchev–Trinajstić information content (AvgIpc) is 2.57. The molecule has 2 heterocycles. The molecule has 22 heavy (non-hydrogen) atoms. The van der Waals surface area contributed by atoms with Crippen molar-refractivity contribution < 1.29 is 9.31 Å². The van der Waals surface area contributed by atoms with Crippen LogP contribution in [0, 0.1) is 0 Å². The van der Waals surface area contributed by atoms with Gasteiger partial charge in [0.2, 0.25) is 0 Å². The fourth-order valence-corrected chi connectivity index (χ4v) is 2.30. The van der Waals surface area contributed by atoms with E-state index in [0.29, 0.717) is 16.4 Å². The molecule has 8 heteroatoms. The number of halogens is 1. The second kappa shape index (κ2) is 6.32. The van der Waals surface area contributed by atoms with Gasteiger partial charge in [-0.1, -0.05) is 11.6 Å². The highest BCUT2D eigenvalue weighted by atomic mass is 35.5. The molecule has 0 aliphatic carbocycles. The van der Waals surface area contributed by atoms with Crippen molar-refractivity contribution in [1.29, 1.82) is 0 Å². The minimum atomic E-state index is -0.583. The molecule has 1 fully saturated rings. The third-order valence-electron chi connectivity index (χ3n) is 4.18. The Bertz CT molecular complexity index is 524. The van der Waals surface area contributed by atoms with Crippen LogP contribution in [0.15, 0.2) is 6.33 Å². The maximum absolute atomic E-state index is 6.28. The molecule has 1 aliphatic rings. The summed E-state index contributed by atoms with van der Waals surface area (Å²) in [5.74, 6) is 0.653. The first-order valence-electron chi connectivity index (χ1n) is 7.39. The Morgan fingerprint density at radius 2 is 1.77 bits per heavy atom. The molecule has 1 aromatic heterocycles. The van der Waals surface area contributed by atoms with Gasteiger partial charge in [-0.25, -0.2) is 9.97 Å². The lowest BCUT2D eigenvalue weighted by Crippen LogP contribution is -2.41. The Morgan fingerprint density at radius 3 is 2.32 bits per heavy atom. The van der Waals surface area contributed by atoms with Crippen LogP contribution in [0.4, 0.5) is 5.82 Å². The van der Waals surface area contributed by atoms with Crippen LogP contribution in [0.2, 0.25) is 5.15 Å². The van der Waals surface area contributed by atoms with Crippen molar-refractivity contribution in [2.45, 2.75) is 38.9 Å². The summed E-state index contributed by atoms with van der Waals surface area (Å²) in [4.78, 5) is 10.4. The Kier molecular flexibility index (Phi) is 5.01. The predicted molar refractivity (Wildman–Crippen MR) is 89.8 cm³/mol. The van der Waals surface area contributed by atoms with E-state index in [-0.39, 0.29) is 0 Å². The lowest BCUT2D eigenvalue weighted by Gasteiger charge is -2.32. The number of anilines is 1. The van der Waals surface area contributed by atoms with Gasteiger partial charge >= 0.3 is 7.12 Å². The highest BCUT2D eigenvalue weighted by molar-refractivity contribution is 6.67. The molecule has 0 radical (unpaired) electrons. The summed E-state index contributed by atoms with van der Waals surface area (Å²) in [7, 11) is 3.45. The fraction of sp³-hybridized carbons (Fsp3) is 0.714. The first kappa shape index (κ1) is 17.5. The summed E-state index contributed by atoms with van der Waals surface area (Å²) in [5, 5.41) is 3.63. The summed E-state index contributed by atoms with van der Waals surface area (Å²) >= 11 is 6.28. The maximum Gasteiger partial charge on any atom is 0.501 e. The Balaban J connectivity index is 2.24. The van der Waals surface area contributed by atoms with Crippen molar-refractivity contribution in [3.63, 3.8) is 0 Å². The van der Waals surface area contributed by atoms with Crippen molar-refractivity contribution in [2.75, 3.05) is 32.5 Å². The lowest BCUT2D eigenvalue weighted by molar-refractivity contribution is 0.00578. The van der Waals surface area contributed by atoms with Crippen LogP contribution in [0.25, 0.3) is 0 Å². The number of likely N-dealkylation sites (N-methyl/N-ethyl adjacent to an activating group) is 1. The fourth-order valence-electron chi connectivity index (χ4n) is 2.08. The van der Waals surface area contributed by atoms with Gasteiger partial charge in [-0.05, 0) is 41.8 Å². The van der Waals surface area contributed by atoms with Gasteiger partial charge in [-0.3, -0.25) is 0 Å². The van der Waals surface area contributed by atoms with E-state index in [1.807, 2.05) is 41.8 Å². The van der Waals surface area contributed by atoms with Crippen LogP contribution < -0.4 is 10.8 Å². The standard InChI is InChI=1S/C14H24BClN4O2/c1-13(2)14(3,4)22-15(21-13)10-11(16)18-9-19-12(10)17-7-8-20(5)6/h9H,7-8H2,1-6H3,(H,17,18,19). The number of rotatable bonds is 5. The minimum Gasteiger partial charge on any atom is -0.399 e. The zero-order valence-corrected chi connectivity index (χ0v) is 14.9. The summed E-state index contributed by atoms with van der Waals surface area (Å²) in [6.45, 7) is 9.64. The molecule has 6 nitrogen and oxygen atoms in total. The van der Waals surface area contributed by atoms with Crippen LogP contribution in [-0.2, 0) is 9.31 Å². The van der Waals surface area contributed by atoms with Gasteiger partial charge in [0.25, 0.3) is 0 Å². The zero-order chi connectivity index (χ0) is 16.5. The smallest absolute Gasteiger partial charge is 0.399 e. The molecule has 0 saturated carbocycles. The Labute approximate surface area is 137 Å². The predicted octanol–water partition coefficient (Wildman–Crippen LogP) is 1.40. The van der Waals surface area contributed by atoms with Crippen molar-refractivity contribution in [1.82, 2.24) is 14.9 Å². The van der Waals surface area contributed by atoms with E-state index in [4.69, 9.17) is 20.9 Å². The molecule has 0 spiro atoms. The summed E-state index contributed by atoms with van der Waals surface area (Å²) < 4.78 is 12.1. The van der Waals surface area contributed by atoms with Gasteiger partial charge in [-0.2, -0.15) is 0 Å². The second-order valence-corrected chi connectivity index (χ2v) is 7.10. The monoisotopic (exact) mass is 326 g/mol. The van der Waals surface area contributed by atoms with Crippen LogP contribution in [0.5, 0.6) is 0 Å². The number of nitrogens with one attached hydrogen (secondary N) is 1. The third-order valence-corrected chi connectivity index (χ3v) is 4.48. The van der Waals surface area contributed by atoms with E-state index in [1.54, 1.807) is 0 Å². The van der Waals surface area contributed by atoms with Crippen LogP contribution >= 0.6 is 11.6 Å². The van der Waals surface area contributed by atoms with E-state index in [1.165, 1.54) is 6.33 Å². The maximum atomic E-state index is 6.28. The molecule has 1 aliphatic heterocycles. The van der Waals surface area contributed by atoms with E-state index in [0.717, 1.165) is 13.1 Å². The van der Waals surface area contributed by atoms with E-state index >= 15 is 0 Å². The molecule has 0 amide bonds. The summed E-state index contributed by atoms with van der Waals surface area (Å²) in [5.41, 5.74) is -0.211. The van der Waals surface area contributed by atoms with Gasteiger partial charge in [0.1, 0.15) is 17.3 Å². The highest BCUT2D eigenvalue weighted by Gasteiger charge is 2.53.